The number of carbonyl (C=O) groups is 1. The Bertz CT molecular complexity index is 438. The lowest BCUT2D eigenvalue weighted by Crippen LogP contribution is -2.31. The van der Waals surface area contributed by atoms with E-state index in [0.29, 0.717) is 6.04 Å². The van der Waals surface area contributed by atoms with Crippen LogP contribution in [0.1, 0.15) is 25.3 Å². The summed E-state index contributed by atoms with van der Waals surface area (Å²) in [5.74, 6) is 0.417. The maximum absolute atomic E-state index is 12.1. The van der Waals surface area contributed by atoms with Crippen molar-refractivity contribution in [2.45, 2.75) is 32.2 Å². The molecule has 1 unspecified atom stereocenters. The number of amides is 1. The second-order valence-electron chi connectivity index (χ2n) is 5.39. The molecule has 1 amide bonds. The molecule has 0 N–H and O–H groups in total. The quantitative estimate of drug-likeness (QED) is 0.744. The molecule has 0 saturated carbocycles. The number of carbonyl (C=O) groups excluding carboxylic acids is 1. The van der Waals surface area contributed by atoms with Crippen LogP contribution in [0, 0.1) is 5.92 Å². The summed E-state index contributed by atoms with van der Waals surface area (Å²) in [6, 6.07) is 10.7. The van der Waals surface area contributed by atoms with Gasteiger partial charge in [-0.05, 0) is 31.7 Å². The predicted molar refractivity (Wildman–Crippen MR) is 74.2 cm³/mol. The molecule has 96 valence electrons. The van der Waals surface area contributed by atoms with Gasteiger partial charge in [0.15, 0.2) is 0 Å². The van der Waals surface area contributed by atoms with Crippen LogP contribution in [0.25, 0.3) is 0 Å². The average molecular weight is 243 g/mol. The van der Waals surface area contributed by atoms with E-state index in [-0.39, 0.29) is 11.8 Å². The summed E-state index contributed by atoms with van der Waals surface area (Å²) in [4.78, 5) is 14.0. The van der Waals surface area contributed by atoms with Crippen LogP contribution in [-0.4, -0.2) is 23.9 Å². The van der Waals surface area contributed by atoms with E-state index in [1.807, 2.05) is 24.9 Å². The third kappa shape index (κ3) is 2.81. The van der Waals surface area contributed by atoms with Gasteiger partial charge in [-0.25, -0.2) is 0 Å². The Morgan fingerprint density at radius 1 is 1.39 bits per heavy atom. The molecule has 0 radical (unpaired) electrons. The van der Waals surface area contributed by atoms with Crippen LogP contribution >= 0.6 is 0 Å². The number of hydrogen-bond donors (Lipinski definition) is 0. The van der Waals surface area contributed by atoms with E-state index in [0.717, 1.165) is 24.8 Å². The maximum Gasteiger partial charge on any atom is 0.226 e. The number of hydrogen-bond acceptors (Lipinski definition) is 1. The summed E-state index contributed by atoms with van der Waals surface area (Å²) in [7, 11) is 1.92. The highest BCUT2D eigenvalue weighted by molar-refractivity contribution is 5.81. The van der Waals surface area contributed by atoms with Gasteiger partial charge in [0.2, 0.25) is 5.91 Å². The van der Waals surface area contributed by atoms with Crippen molar-refractivity contribution in [1.82, 2.24) is 4.90 Å². The number of rotatable bonds is 4. The van der Waals surface area contributed by atoms with Gasteiger partial charge in [0.1, 0.15) is 0 Å². The van der Waals surface area contributed by atoms with Crippen molar-refractivity contribution in [3.05, 3.63) is 48.0 Å². The van der Waals surface area contributed by atoms with E-state index in [1.165, 1.54) is 5.56 Å². The van der Waals surface area contributed by atoms with Crippen LogP contribution in [-0.2, 0) is 11.2 Å². The minimum Gasteiger partial charge on any atom is -0.342 e. The summed E-state index contributed by atoms with van der Waals surface area (Å²) in [5.41, 5.74) is 2.40. The standard InChI is InChI=1S/C16H21NO/c1-12(2)9-14-11-15(17(3)16(14)18)10-13-7-5-4-6-8-13/h4-8,14-15H,1,9-11H2,2-3H3/t14?,15-/m0/s1. The zero-order valence-corrected chi connectivity index (χ0v) is 11.2. The van der Waals surface area contributed by atoms with Crippen molar-refractivity contribution in [2.24, 2.45) is 5.92 Å². The molecule has 1 aromatic carbocycles. The van der Waals surface area contributed by atoms with E-state index in [9.17, 15) is 4.79 Å². The van der Waals surface area contributed by atoms with Crippen LogP contribution in [0.2, 0.25) is 0 Å². The highest BCUT2D eigenvalue weighted by atomic mass is 16.2. The second-order valence-corrected chi connectivity index (χ2v) is 5.39. The molecule has 1 aliphatic heterocycles. The Hall–Kier alpha value is -1.57. The SMILES string of the molecule is C=C(C)CC1C[C@H](Cc2ccccc2)N(C)C1=O. The smallest absolute Gasteiger partial charge is 0.226 e. The van der Waals surface area contributed by atoms with Crippen molar-refractivity contribution in [1.29, 1.82) is 0 Å². The molecule has 1 aliphatic rings. The van der Waals surface area contributed by atoms with Crippen molar-refractivity contribution in [2.75, 3.05) is 7.05 Å². The summed E-state index contributed by atoms with van der Waals surface area (Å²) < 4.78 is 0. The lowest BCUT2D eigenvalue weighted by molar-refractivity contribution is -0.130. The Morgan fingerprint density at radius 3 is 2.67 bits per heavy atom. The zero-order chi connectivity index (χ0) is 13.1. The fraction of sp³-hybridized carbons (Fsp3) is 0.438. The van der Waals surface area contributed by atoms with Crippen LogP contribution in [0.3, 0.4) is 0 Å². The molecule has 2 nitrogen and oxygen atoms in total. The summed E-state index contributed by atoms with van der Waals surface area (Å²) in [5, 5.41) is 0. The lowest BCUT2D eigenvalue weighted by Gasteiger charge is -2.19. The van der Waals surface area contributed by atoms with Gasteiger partial charge in [-0.15, -0.1) is 6.58 Å². The number of likely N-dealkylation sites (tertiary alicyclic amines) is 1. The molecule has 0 aliphatic carbocycles. The Balaban J connectivity index is 2.03. The van der Waals surface area contributed by atoms with Gasteiger partial charge < -0.3 is 4.90 Å². The normalized spacial score (nSPS) is 23.4. The monoisotopic (exact) mass is 243 g/mol. The molecule has 1 aromatic rings. The van der Waals surface area contributed by atoms with Crippen LogP contribution < -0.4 is 0 Å². The van der Waals surface area contributed by atoms with Crippen molar-refractivity contribution >= 4 is 5.91 Å². The average Bonchev–Trinajstić information content (AvgIpc) is 2.58. The first-order valence-corrected chi connectivity index (χ1v) is 6.53. The highest BCUT2D eigenvalue weighted by Gasteiger charge is 2.36. The van der Waals surface area contributed by atoms with Gasteiger partial charge in [-0.3, -0.25) is 4.79 Å². The third-order valence-corrected chi connectivity index (χ3v) is 3.71. The Labute approximate surface area is 109 Å². The fourth-order valence-corrected chi connectivity index (χ4v) is 2.75. The number of nitrogens with zero attached hydrogens (tertiary/aromatic N) is 1. The molecule has 2 heteroatoms. The van der Waals surface area contributed by atoms with E-state index < -0.39 is 0 Å². The van der Waals surface area contributed by atoms with E-state index in [4.69, 9.17) is 0 Å². The first-order valence-electron chi connectivity index (χ1n) is 6.53. The maximum atomic E-state index is 12.1. The molecule has 0 spiro atoms. The minimum absolute atomic E-state index is 0.140. The fourth-order valence-electron chi connectivity index (χ4n) is 2.75. The van der Waals surface area contributed by atoms with E-state index in [1.54, 1.807) is 0 Å². The van der Waals surface area contributed by atoms with Gasteiger partial charge >= 0.3 is 0 Å². The number of benzene rings is 1. The minimum atomic E-state index is 0.140. The van der Waals surface area contributed by atoms with Gasteiger partial charge in [0.05, 0.1) is 0 Å². The first kappa shape index (κ1) is 12.9. The molecule has 1 fully saturated rings. The van der Waals surface area contributed by atoms with Gasteiger partial charge in [-0.1, -0.05) is 35.9 Å². The molecule has 1 heterocycles. The summed E-state index contributed by atoms with van der Waals surface area (Å²) in [6.45, 7) is 5.91. The second kappa shape index (κ2) is 5.38. The van der Waals surface area contributed by atoms with Crippen LogP contribution in [0.15, 0.2) is 42.5 Å². The van der Waals surface area contributed by atoms with Crippen molar-refractivity contribution in [3.8, 4) is 0 Å². The highest BCUT2D eigenvalue weighted by Crippen LogP contribution is 2.29. The number of allylic oxidation sites excluding steroid dienone is 1. The van der Waals surface area contributed by atoms with Crippen molar-refractivity contribution < 1.29 is 4.79 Å². The Morgan fingerprint density at radius 2 is 2.06 bits per heavy atom. The van der Waals surface area contributed by atoms with Gasteiger partial charge in [0.25, 0.3) is 0 Å². The summed E-state index contributed by atoms with van der Waals surface area (Å²) in [6.07, 6.45) is 2.74. The Kier molecular flexibility index (Phi) is 3.85. The number of likely N-dealkylation sites (N-methyl/N-ethyl adjacent to an activating group) is 1. The summed E-state index contributed by atoms with van der Waals surface area (Å²) >= 11 is 0. The van der Waals surface area contributed by atoms with Crippen LogP contribution in [0.5, 0.6) is 0 Å². The molecule has 0 bridgehead atoms. The molecule has 2 atom stereocenters. The van der Waals surface area contributed by atoms with Crippen molar-refractivity contribution in [3.63, 3.8) is 0 Å². The molecule has 2 rings (SSSR count). The first-order chi connectivity index (χ1) is 8.58. The molecular formula is C16H21NO. The van der Waals surface area contributed by atoms with E-state index in [2.05, 4.69) is 30.8 Å². The third-order valence-electron chi connectivity index (χ3n) is 3.71. The van der Waals surface area contributed by atoms with Gasteiger partial charge in [0, 0.05) is 19.0 Å². The largest absolute Gasteiger partial charge is 0.342 e. The molecular weight excluding hydrogens is 222 g/mol. The topological polar surface area (TPSA) is 20.3 Å². The molecule has 0 aromatic heterocycles. The zero-order valence-electron chi connectivity index (χ0n) is 11.2. The molecule has 1 saturated heterocycles. The lowest BCUT2D eigenvalue weighted by atomic mass is 9.95. The molecule has 18 heavy (non-hydrogen) atoms. The van der Waals surface area contributed by atoms with Crippen LogP contribution in [0.4, 0.5) is 0 Å². The van der Waals surface area contributed by atoms with Gasteiger partial charge in [-0.2, -0.15) is 0 Å². The predicted octanol–water partition coefficient (Wildman–Crippen LogP) is 3.04. The van der Waals surface area contributed by atoms with E-state index >= 15 is 0 Å².